The van der Waals surface area contributed by atoms with Crippen molar-refractivity contribution in [1.29, 1.82) is 0 Å². The second-order valence-corrected chi connectivity index (χ2v) is 6.60. The van der Waals surface area contributed by atoms with Gasteiger partial charge < -0.3 is 0 Å². The van der Waals surface area contributed by atoms with Crippen LogP contribution in [0.5, 0.6) is 0 Å². The summed E-state index contributed by atoms with van der Waals surface area (Å²) in [4.78, 5) is 0. The number of rotatable bonds is 6. The van der Waals surface area contributed by atoms with E-state index >= 15 is 0 Å². The standard InChI is InChI=1S/C17H34/c1-16(2)12-8-7-11-15-17-13-9-5-3-4-6-10-14-17/h16-17H,3-15H2,1-2H3. The van der Waals surface area contributed by atoms with Crippen LogP contribution in [0.4, 0.5) is 0 Å². The Morgan fingerprint density at radius 1 is 0.765 bits per heavy atom. The van der Waals surface area contributed by atoms with E-state index in [1.807, 2.05) is 0 Å². The van der Waals surface area contributed by atoms with Gasteiger partial charge in [0, 0.05) is 0 Å². The van der Waals surface area contributed by atoms with Crippen molar-refractivity contribution in [1.82, 2.24) is 0 Å². The van der Waals surface area contributed by atoms with Crippen molar-refractivity contribution in [3.05, 3.63) is 0 Å². The average molecular weight is 238 g/mol. The molecule has 0 heterocycles. The van der Waals surface area contributed by atoms with E-state index in [9.17, 15) is 0 Å². The maximum absolute atomic E-state index is 2.35. The van der Waals surface area contributed by atoms with Crippen molar-refractivity contribution in [2.24, 2.45) is 11.8 Å². The molecule has 1 saturated carbocycles. The van der Waals surface area contributed by atoms with Crippen molar-refractivity contribution in [3.63, 3.8) is 0 Å². The zero-order chi connectivity index (χ0) is 12.3. The minimum absolute atomic E-state index is 0.903. The molecule has 0 saturated heterocycles. The Hall–Kier alpha value is 0. The molecule has 0 aromatic carbocycles. The van der Waals surface area contributed by atoms with E-state index in [4.69, 9.17) is 0 Å². The minimum atomic E-state index is 0.903. The quantitative estimate of drug-likeness (QED) is 0.473. The van der Waals surface area contributed by atoms with Gasteiger partial charge in [-0.05, 0) is 11.8 Å². The first-order chi connectivity index (χ1) is 8.29. The Morgan fingerprint density at radius 2 is 1.35 bits per heavy atom. The Morgan fingerprint density at radius 3 is 1.94 bits per heavy atom. The highest BCUT2D eigenvalue weighted by Crippen LogP contribution is 2.26. The van der Waals surface area contributed by atoms with E-state index < -0.39 is 0 Å². The van der Waals surface area contributed by atoms with Crippen LogP contribution in [0, 0.1) is 11.8 Å². The summed E-state index contributed by atoms with van der Waals surface area (Å²) in [6, 6.07) is 0. The molecule has 102 valence electrons. The zero-order valence-electron chi connectivity index (χ0n) is 12.3. The zero-order valence-corrected chi connectivity index (χ0v) is 12.3. The highest BCUT2D eigenvalue weighted by atomic mass is 14.2. The molecule has 0 heteroatoms. The first-order valence-corrected chi connectivity index (χ1v) is 8.29. The first kappa shape index (κ1) is 15.1. The van der Waals surface area contributed by atoms with Gasteiger partial charge in [-0.2, -0.15) is 0 Å². The second-order valence-electron chi connectivity index (χ2n) is 6.60. The maximum Gasteiger partial charge on any atom is -0.0414 e. The Bertz CT molecular complexity index is 149. The lowest BCUT2D eigenvalue weighted by molar-refractivity contribution is 0.379. The lowest BCUT2D eigenvalue weighted by Crippen LogP contribution is -2.00. The van der Waals surface area contributed by atoms with Gasteiger partial charge >= 0.3 is 0 Å². The Labute approximate surface area is 110 Å². The van der Waals surface area contributed by atoms with Crippen molar-refractivity contribution in [2.45, 2.75) is 97.3 Å². The molecular formula is C17H34. The van der Waals surface area contributed by atoms with Crippen LogP contribution in [0.15, 0.2) is 0 Å². The fraction of sp³-hybridized carbons (Fsp3) is 1.00. The van der Waals surface area contributed by atoms with Gasteiger partial charge in [0.15, 0.2) is 0 Å². The van der Waals surface area contributed by atoms with Gasteiger partial charge in [0.25, 0.3) is 0 Å². The SMILES string of the molecule is CC(C)CCCCCC1CCCCCCCC1. The molecule has 0 unspecified atom stereocenters. The smallest absolute Gasteiger partial charge is 0.0414 e. The predicted octanol–water partition coefficient (Wildman–Crippen LogP) is 6.34. The Kier molecular flexibility index (Phi) is 8.83. The molecule has 0 aliphatic heterocycles. The lowest BCUT2D eigenvalue weighted by Gasteiger charge is -2.15. The van der Waals surface area contributed by atoms with Crippen LogP contribution in [0.3, 0.4) is 0 Å². The topological polar surface area (TPSA) is 0 Å². The van der Waals surface area contributed by atoms with Crippen molar-refractivity contribution >= 4 is 0 Å². The van der Waals surface area contributed by atoms with E-state index in [1.54, 1.807) is 0 Å². The van der Waals surface area contributed by atoms with Crippen LogP contribution in [-0.2, 0) is 0 Å². The monoisotopic (exact) mass is 238 g/mol. The van der Waals surface area contributed by atoms with Gasteiger partial charge in [0.1, 0.15) is 0 Å². The molecule has 17 heavy (non-hydrogen) atoms. The van der Waals surface area contributed by atoms with E-state index in [0.717, 1.165) is 11.8 Å². The van der Waals surface area contributed by atoms with Crippen LogP contribution < -0.4 is 0 Å². The van der Waals surface area contributed by atoms with Gasteiger partial charge in [0.2, 0.25) is 0 Å². The van der Waals surface area contributed by atoms with Gasteiger partial charge in [-0.15, -0.1) is 0 Å². The molecule has 0 nitrogen and oxygen atoms in total. The van der Waals surface area contributed by atoms with Crippen molar-refractivity contribution in [3.8, 4) is 0 Å². The molecule has 1 fully saturated rings. The molecule has 1 aliphatic rings. The van der Waals surface area contributed by atoms with E-state index in [-0.39, 0.29) is 0 Å². The van der Waals surface area contributed by atoms with Crippen molar-refractivity contribution < 1.29 is 0 Å². The molecule has 1 aliphatic carbocycles. The number of hydrogen-bond acceptors (Lipinski definition) is 0. The summed E-state index contributed by atoms with van der Waals surface area (Å²) < 4.78 is 0. The van der Waals surface area contributed by atoms with Gasteiger partial charge in [-0.3, -0.25) is 0 Å². The van der Waals surface area contributed by atoms with Gasteiger partial charge in [-0.25, -0.2) is 0 Å². The van der Waals surface area contributed by atoms with Crippen LogP contribution >= 0.6 is 0 Å². The third-order valence-corrected chi connectivity index (χ3v) is 4.37. The average Bonchev–Trinajstić information content (AvgIpc) is 2.42. The van der Waals surface area contributed by atoms with Crippen LogP contribution in [0.2, 0.25) is 0 Å². The molecule has 1 rings (SSSR count). The summed E-state index contributed by atoms with van der Waals surface area (Å²) in [5.41, 5.74) is 0. The van der Waals surface area contributed by atoms with Crippen LogP contribution in [-0.4, -0.2) is 0 Å². The molecule has 0 spiro atoms. The van der Waals surface area contributed by atoms with E-state index in [0.29, 0.717) is 0 Å². The van der Waals surface area contributed by atoms with Crippen LogP contribution in [0.1, 0.15) is 97.3 Å². The molecule has 0 atom stereocenters. The molecule has 0 aromatic heterocycles. The second kappa shape index (κ2) is 9.97. The summed E-state index contributed by atoms with van der Waals surface area (Å²) in [5, 5.41) is 0. The third-order valence-electron chi connectivity index (χ3n) is 4.37. The highest BCUT2D eigenvalue weighted by Gasteiger charge is 2.10. The number of unbranched alkanes of at least 4 members (excludes halogenated alkanes) is 2. The summed E-state index contributed by atoms with van der Waals surface area (Å²) in [7, 11) is 0. The molecule has 0 bridgehead atoms. The summed E-state index contributed by atoms with van der Waals surface area (Å²) in [6.45, 7) is 4.69. The largest absolute Gasteiger partial charge is 0.0628 e. The third kappa shape index (κ3) is 8.69. The molecule has 0 radical (unpaired) electrons. The van der Waals surface area contributed by atoms with Gasteiger partial charge in [-0.1, -0.05) is 97.3 Å². The predicted molar refractivity (Wildman–Crippen MR) is 78.3 cm³/mol. The van der Waals surface area contributed by atoms with Crippen molar-refractivity contribution in [2.75, 3.05) is 0 Å². The fourth-order valence-electron chi connectivity index (χ4n) is 3.17. The molecular weight excluding hydrogens is 204 g/mol. The summed E-state index contributed by atoms with van der Waals surface area (Å²) in [5.74, 6) is 1.98. The normalized spacial score (nSPS) is 19.9. The summed E-state index contributed by atoms with van der Waals surface area (Å²) in [6.07, 6.45) is 19.5. The van der Waals surface area contributed by atoms with Crippen LogP contribution in [0.25, 0.3) is 0 Å². The number of hydrogen-bond donors (Lipinski definition) is 0. The van der Waals surface area contributed by atoms with E-state index in [1.165, 1.54) is 83.5 Å². The van der Waals surface area contributed by atoms with Gasteiger partial charge in [0.05, 0.1) is 0 Å². The Balaban J connectivity index is 2.02. The maximum atomic E-state index is 2.35. The molecule has 0 aromatic rings. The molecule has 0 N–H and O–H groups in total. The van der Waals surface area contributed by atoms with E-state index in [2.05, 4.69) is 13.8 Å². The highest BCUT2D eigenvalue weighted by molar-refractivity contribution is 4.63. The summed E-state index contributed by atoms with van der Waals surface area (Å²) >= 11 is 0. The lowest BCUT2D eigenvalue weighted by atomic mass is 9.91. The first-order valence-electron chi connectivity index (χ1n) is 8.29. The molecule has 0 amide bonds. The minimum Gasteiger partial charge on any atom is -0.0628 e. The fourth-order valence-corrected chi connectivity index (χ4v) is 3.17.